The SMILES string of the molecule is C[C@]12CCC(OC(=O)Cl)CC1=CC[C@@H]1[C@@H]2CC[C@]2(C)C(=O)CC[C@@H]12. The van der Waals surface area contributed by atoms with Gasteiger partial charge in [-0.05, 0) is 61.7 Å². The number of halogens is 1. The first-order chi connectivity index (χ1) is 11.3. The predicted octanol–water partition coefficient (Wildman–Crippen LogP) is 5.26. The number of carbonyl (C=O) groups excluding carboxylic acids is 2. The van der Waals surface area contributed by atoms with Gasteiger partial charge in [0.15, 0.2) is 0 Å². The first kappa shape index (κ1) is 16.6. The van der Waals surface area contributed by atoms with Gasteiger partial charge in [-0.25, -0.2) is 4.79 Å². The number of fused-ring (bicyclic) bond motifs is 5. The topological polar surface area (TPSA) is 43.4 Å². The van der Waals surface area contributed by atoms with E-state index in [0.717, 1.165) is 51.4 Å². The van der Waals surface area contributed by atoms with E-state index in [1.165, 1.54) is 5.57 Å². The van der Waals surface area contributed by atoms with Gasteiger partial charge in [-0.2, -0.15) is 0 Å². The van der Waals surface area contributed by atoms with Crippen LogP contribution in [-0.2, 0) is 9.53 Å². The average Bonchev–Trinajstić information content (AvgIpc) is 2.83. The van der Waals surface area contributed by atoms with E-state index in [2.05, 4.69) is 19.9 Å². The molecule has 0 spiro atoms. The zero-order chi connectivity index (χ0) is 17.1. The average molecular weight is 351 g/mol. The number of hydrogen-bond donors (Lipinski definition) is 0. The van der Waals surface area contributed by atoms with Crippen molar-refractivity contribution in [2.45, 2.75) is 71.3 Å². The van der Waals surface area contributed by atoms with Crippen LogP contribution in [0.5, 0.6) is 0 Å². The Morgan fingerprint density at radius 2 is 1.88 bits per heavy atom. The van der Waals surface area contributed by atoms with Gasteiger partial charge < -0.3 is 4.74 Å². The summed E-state index contributed by atoms with van der Waals surface area (Å²) in [5.74, 6) is 2.39. The van der Waals surface area contributed by atoms with Crippen LogP contribution >= 0.6 is 11.6 Å². The smallest absolute Gasteiger partial charge is 0.404 e. The van der Waals surface area contributed by atoms with Gasteiger partial charge in [0.2, 0.25) is 0 Å². The second kappa shape index (κ2) is 5.59. The van der Waals surface area contributed by atoms with Gasteiger partial charge in [0.05, 0.1) is 0 Å². The number of carbonyl (C=O) groups is 2. The summed E-state index contributed by atoms with van der Waals surface area (Å²) in [5.41, 5.74) is 0.931. The highest BCUT2D eigenvalue weighted by Gasteiger charge is 2.58. The van der Waals surface area contributed by atoms with Gasteiger partial charge in [0.1, 0.15) is 11.9 Å². The summed E-state index contributed by atoms with van der Waals surface area (Å²) in [6.45, 7) is 4.63. The molecule has 0 aromatic carbocycles. The van der Waals surface area contributed by atoms with Crippen molar-refractivity contribution >= 4 is 22.8 Å². The largest absolute Gasteiger partial charge is 0.450 e. The zero-order valence-corrected chi connectivity index (χ0v) is 15.4. The highest BCUT2D eigenvalue weighted by Crippen LogP contribution is 2.64. The summed E-state index contributed by atoms with van der Waals surface area (Å²) in [5, 5.41) is 0. The molecule has 0 N–H and O–H groups in total. The van der Waals surface area contributed by atoms with Crippen molar-refractivity contribution < 1.29 is 14.3 Å². The standard InChI is InChI=1S/C20H27ClO3/c1-19-9-7-13(24-18(21)23)11-12(19)3-4-14-15-5-6-17(22)20(15,2)10-8-16(14)19/h3,13-16H,4-11H2,1-2H3/t13?,14-,15-,16-,19-,20-/m0/s1. The van der Waals surface area contributed by atoms with Crippen LogP contribution in [0.3, 0.4) is 0 Å². The Morgan fingerprint density at radius 3 is 2.62 bits per heavy atom. The van der Waals surface area contributed by atoms with Gasteiger partial charge in [0.25, 0.3) is 0 Å². The lowest BCUT2D eigenvalue weighted by atomic mass is 9.48. The van der Waals surface area contributed by atoms with Crippen molar-refractivity contribution in [3.63, 3.8) is 0 Å². The van der Waals surface area contributed by atoms with Crippen LogP contribution in [0.2, 0.25) is 0 Å². The molecule has 6 atom stereocenters. The quantitative estimate of drug-likeness (QED) is 0.478. The molecule has 3 fully saturated rings. The van der Waals surface area contributed by atoms with Crippen LogP contribution in [0.25, 0.3) is 0 Å². The Bertz CT molecular complexity index is 612. The molecule has 0 amide bonds. The molecule has 1 unspecified atom stereocenters. The molecule has 0 aromatic heterocycles. The van der Waals surface area contributed by atoms with E-state index in [1.807, 2.05) is 0 Å². The van der Waals surface area contributed by atoms with Gasteiger partial charge in [-0.1, -0.05) is 25.5 Å². The summed E-state index contributed by atoms with van der Waals surface area (Å²) < 4.78 is 5.26. The van der Waals surface area contributed by atoms with Crippen LogP contribution in [0.4, 0.5) is 4.79 Å². The highest BCUT2D eigenvalue weighted by molar-refractivity contribution is 6.61. The minimum absolute atomic E-state index is 0.0613. The minimum atomic E-state index is -0.684. The fourth-order valence-corrected chi connectivity index (χ4v) is 6.76. The first-order valence-electron chi connectivity index (χ1n) is 9.43. The Hall–Kier alpha value is -0.830. The fourth-order valence-electron chi connectivity index (χ4n) is 6.63. The molecule has 132 valence electrons. The van der Waals surface area contributed by atoms with Crippen molar-refractivity contribution in [1.82, 2.24) is 0 Å². The highest BCUT2D eigenvalue weighted by atomic mass is 35.5. The molecule has 0 bridgehead atoms. The van der Waals surface area contributed by atoms with E-state index in [9.17, 15) is 9.59 Å². The van der Waals surface area contributed by atoms with Gasteiger partial charge in [0, 0.05) is 29.9 Å². The van der Waals surface area contributed by atoms with Crippen molar-refractivity contribution in [3.8, 4) is 0 Å². The Morgan fingerprint density at radius 1 is 1.17 bits per heavy atom. The number of ether oxygens (including phenoxy) is 1. The third kappa shape index (κ3) is 2.30. The molecule has 4 heteroatoms. The lowest BCUT2D eigenvalue weighted by Crippen LogP contribution is -2.50. The van der Waals surface area contributed by atoms with Crippen LogP contribution in [0.1, 0.15) is 65.2 Å². The molecule has 3 saturated carbocycles. The lowest BCUT2D eigenvalue weighted by molar-refractivity contribution is -0.131. The van der Waals surface area contributed by atoms with E-state index >= 15 is 0 Å². The maximum atomic E-state index is 12.4. The molecule has 0 aromatic rings. The van der Waals surface area contributed by atoms with E-state index in [0.29, 0.717) is 23.5 Å². The molecular formula is C20H27ClO3. The summed E-state index contributed by atoms with van der Waals surface area (Å²) >= 11 is 5.41. The van der Waals surface area contributed by atoms with Gasteiger partial charge in [-0.3, -0.25) is 4.79 Å². The maximum Gasteiger partial charge on any atom is 0.404 e. The zero-order valence-electron chi connectivity index (χ0n) is 14.6. The van der Waals surface area contributed by atoms with Crippen LogP contribution < -0.4 is 0 Å². The number of ketones is 1. The van der Waals surface area contributed by atoms with E-state index in [4.69, 9.17) is 16.3 Å². The molecule has 24 heavy (non-hydrogen) atoms. The Kier molecular flexibility index (Phi) is 3.87. The Labute approximate surface area is 149 Å². The number of allylic oxidation sites excluding steroid dienone is 1. The summed E-state index contributed by atoms with van der Waals surface area (Å²) in [6, 6.07) is 0. The molecule has 4 aliphatic rings. The third-order valence-corrected chi connectivity index (χ3v) is 8.12. The molecule has 4 aliphatic carbocycles. The molecule has 0 heterocycles. The maximum absolute atomic E-state index is 12.4. The molecular weight excluding hydrogens is 324 g/mol. The second-order valence-corrected chi connectivity index (χ2v) is 9.21. The molecule has 4 rings (SSSR count). The van der Waals surface area contributed by atoms with E-state index in [-0.39, 0.29) is 16.9 Å². The van der Waals surface area contributed by atoms with Gasteiger partial charge >= 0.3 is 5.43 Å². The van der Waals surface area contributed by atoms with E-state index < -0.39 is 5.43 Å². The lowest BCUT2D eigenvalue weighted by Gasteiger charge is -2.56. The normalized spacial score (nSPS) is 47.3. The third-order valence-electron chi connectivity index (χ3n) is 8.03. The monoisotopic (exact) mass is 350 g/mol. The second-order valence-electron chi connectivity index (χ2n) is 8.90. The van der Waals surface area contributed by atoms with Crippen molar-refractivity contribution in [2.75, 3.05) is 0 Å². The summed E-state index contributed by atoms with van der Waals surface area (Å²) in [7, 11) is 0. The molecule has 3 nitrogen and oxygen atoms in total. The van der Waals surface area contributed by atoms with Crippen LogP contribution in [0, 0.1) is 28.6 Å². The number of hydrogen-bond acceptors (Lipinski definition) is 3. The molecule has 0 saturated heterocycles. The van der Waals surface area contributed by atoms with Crippen molar-refractivity contribution in [1.29, 1.82) is 0 Å². The van der Waals surface area contributed by atoms with Crippen LogP contribution in [0.15, 0.2) is 11.6 Å². The van der Waals surface area contributed by atoms with E-state index in [1.54, 1.807) is 0 Å². The number of Topliss-reactive ketones (excluding diaryl/α,β-unsaturated/α-hetero) is 1. The number of rotatable bonds is 1. The fraction of sp³-hybridized carbons (Fsp3) is 0.800. The van der Waals surface area contributed by atoms with Gasteiger partial charge in [-0.15, -0.1) is 0 Å². The Balaban J connectivity index is 1.60. The molecule has 0 aliphatic heterocycles. The first-order valence-corrected chi connectivity index (χ1v) is 9.81. The van der Waals surface area contributed by atoms with Crippen LogP contribution in [-0.4, -0.2) is 17.3 Å². The summed E-state index contributed by atoms with van der Waals surface area (Å²) in [4.78, 5) is 23.5. The minimum Gasteiger partial charge on any atom is -0.450 e. The summed E-state index contributed by atoms with van der Waals surface area (Å²) in [6.07, 6.45) is 10.3. The predicted molar refractivity (Wildman–Crippen MR) is 92.8 cm³/mol. The van der Waals surface area contributed by atoms with Crippen molar-refractivity contribution in [3.05, 3.63) is 11.6 Å². The van der Waals surface area contributed by atoms with Crippen molar-refractivity contribution in [2.24, 2.45) is 28.6 Å². The molecule has 0 radical (unpaired) electrons.